The van der Waals surface area contributed by atoms with Gasteiger partial charge in [0.25, 0.3) is 0 Å². The Kier molecular flexibility index (Phi) is 4.16. The number of benzene rings is 2. The third-order valence-corrected chi connectivity index (χ3v) is 3.21. The van der Waals surface area contributed by atoms with E-state index in [0.717, 1.165) is 24.0 Å². The van der Waals surface area contributed by atoms with Gasteiger partial charge in [0.1, 0.15) is 5.82 Å². The van der Waals surface area contributed by atoms with Crippen molar-refractivity contribution >= 4 is 11.6 Å². The van der Waals surface area contributed by atoms with Crippen LogP contribution in [0.5, 0.6) is 0 Å². The summed E-state index contributed by atoms with van der Waals surface area (Å²) in [4.78, 5) is 0. The van der Waals surface area contributed by atoms with Crippen LogP contribution in [0.4, 0.5) is 4.39 Å². The summed E-state index contributed by atoms with van der Waals surface area (Å²) in [6, 6.07) is 16.6. The van der Waals surface area contributed by atoms with Gasteiger partial charge in [-0.15, -0.1) is 11.6 Å². The van der Waals surface area contributed by atoms with E-state index in [2.05, 4.69) is 0 Å². The molecule has 0 bridgehead atoms. The molecule has 1 atom stereocenters. The van der Waals surface area contributed by atoms with Crippen molar-refractivity contribution in [2.75, 3.05) is 0 Å². The van der Waals surface area contributed by atoms with Crippen LogP contribution >= 0.6 is 11.6 Å². The molecule has 17 heavy (non-hydrogen) atoms. The molecule has 0 fully saturated rings. The molecule has 2 rings (SSSR count). The van der Waals surface area contributed by atoms with Crippen LogP contribution in [0.25, 0.3) is 0 Å². The maximum absolute atomic E-state index is 13.0. The molecule has 0 radical (unpaired) electrons. The van der Waals surface area contributed by atoms with Crippen molar-refractivity contribution in [3.63, 3.8) is 0 Å². The molecule has 0 amide bonds. The van der Waals surface area contributed by atoms with Gasteiger partial charge in [0.15, 0.2) is 0 Å². The average molecular weight is 249 g/mol. The van der Waals surface area contributed by atoms with E-state index in [1.807, 2.05) is 36.4 Å². The van der Waals surface area contributed by atoms with E-state index >= 15 is 0 Å². The second-order valence-corrected chi connectivity index (χ2v) is 4.57. The number of hydrogen-bond donors (Lipinski definition) is 0. The summed E-state index contributed by atoms with van der Waals surface area (Å²) in [5, 5.41) is -0.0144. The molecule has 0 aliphatic heterocycles. The highest BCUT2D eigenvalue weighted by Crippen LogP contribution is 2.25. The summed E-state index contributed by atoms with van der Waals surface area (Å²) in [5.41, 5.74) is 2.11. The maximum atomic E-state index is 13.0. The molecule has 0 saturated heterocycles. The van der Waals surface area contributed by atoms with Gasteiger partial charge in [-0.1, -0.05) is 42.5 Å². The van der Waals surface area contributed by atoms with Crippen molar-refractivity contribution in [3.8, 4) is 0 Å². The number of halogens is 2. The number of alkyl halides is 1. The third-order valence-electron chi connectivity index (χ3n) is 2.74. The van der Waals surface area contributed by atoms with Crippen LogP contribution in [0.2, 0.25) is 0 Å². The lowest BCUT2D eigenvalue weighted by Crippen LogP contribution is -1.94. The minimum absolute atomic E-state index is 0.0144. The second-order valence-electron chi connectivity index (χ2n) is 4.05. The zero-order valence-corrected chi connectivity index (χ0v) is 10.2. The minimum Gasteiger partial charge on any atom is -0.207 e. The summed E-state index contributed by atoms with van der Waals surface area (Å²) in [5.74, 6) is -0.187. The molecule has 88 valence electrons. The predicted molar refractivity (Wildman–Crippen MR) is 69.8 cm³/mol. The van der Waals surface area contributed by atoms with Crippen molar-refractivity contribution in [3.05, 3.63) is 71.5 Å². The minimum atomic E-state index is -0.187. The van der Waals surface area contributed by atoms with E-state index in [4.69, 9.17) is 11.6 Å². The van der Waals surface area contributed by atoms with Crippen LogP contribution in [-0.4, -0.2) is 0 Å². The van der Waals surface area contributed by atoms with Gasteiger partial charge < -0.3 is 0 Å². The summed E-state index contributed by atoms with van der Waals surface area (Å²) in [7, 11) is 0. The molecule has 2 heteroatoms. The molecule has 0 nitrogen and oxygen atoms in total. The fourth-order valence-corrected chi connectivity index (χ4v) is 2.07. The van der Waals surface area contributed by atoms with Gasteiger partial charge in [-0.2, -0.15) is 0 Å². The van der Waals surface area contributed by atoms with Crippen molar-refractivity contribution < 1.29 is 4.39 Å². The van der Waals surface area contributed by atoms with Gasteiger partial charge >= 0.3 is 0 Å². The van der Waals surface area contributed by atoms with E-state index in [0.29, 0.717) is 0 Å². The highest BCUT2D eigenvalue weighted by atomic mass is 35.5. The predicted octanol–water partition coefficient (Wildman–Crippen LogP) is 4.74. The highest BCUT2D eigenvalue weighted by molar-refractivity contribution is 6.20. The Balaban J connectivity index is 1.95. The van der Waals surface area contributed by atoms with E-state index in [1.165, 1.54) is 6.07 Å². The fraction of sp³-hybridized carbons (Fsp3) is 0.200. The number of aryl methyl sites for hydroxylation is 1. The van der Waals surface area contributed by atoms with Crippen LogP contribution in [-0.2, 0) is 6.42 Å². The quantitative estimate of drug-likeness (QED) is 0.686. The Morgan fingerprint density at radius 2 is 1.76 bits per heavy atom. The first-order valence-electron chi connectivity index (χ1n) is 5.69. The van der Waals surface area contributed by atoms with Crippen LogP contribution in [0, 0.1) is 5.82 Å². The zero-order valence-electron chi connectivity index (χ0n) is 9.44. The van der Waals surface area contributed by atoms with E-state index in [-0.39, 0.29) is 11.2 Å². The Morgan fingerprint density at radius 1 is 1.00 bits per heavy atom. The second kappa shape index (κ2) is 5.83. The molecular formula is C15H14ClF. The molecule has 2 aromatic carbocycles. The summed E-state index contributed by atoms with van der Waals surface area (Å²) < 4.78 is 13.0. The van der Waals surface area contributed by atoms with Gasteiger partial charge in [-0.3, -0.25) is 0 Å². The first-order chi connectivity index (χ1) is 8.25. The average Bonchev–Trinajstić information content (AvgIpc) is 2.37. The first kappa shape index (κ1) is 12.1. The topological polar surface area (TPSA) is 0 Å². The van der Waals surface area contributed by atoms with E-state index in [9.17, 15) is 4.39 Å². The standard InChI is InChI=1S/C15H14ClF/c16-15(13-6-2-1-3-7-13)10-9-12-5-4-8-14(17)11-12/h1-8,11,15H,9-10H2. The van der Waals surface area contributed by atoms with Crippen molar-refractivity contribution in [2.24, 2.45) is 0 Å². The Morgan fingerprint density at radius 3 is 2.47 bits per heavy atom. The van der Waals surface area contributed by atoms with Crippen LogP contribution < -0.4 is 0 Å². The Bertz CT molecular complexity index is 467. The normalized spacial score (nSPS) is 12.4. The Labute approximate surface area is 106 Å². The lowest BCUT2D eigenvalue weighted by Gasteiger charge is -2.09. The highest BCUT2D eigenvalue weighted by Gasteiger charge is 2.07. The van der Waals surface area contributed by atoms with Crippen LogP contribution in [0.15, 0.2) is 54.6 Å². The smallest absolute Gasteiger partial charge is 0.123 e. The molecule has 0 aliphatic carbocycles. The molecule has 0 aliphatic rings. The van der Waals surface area contributed by atoms with Crippen molar-refractivity contribution in [2.45, 2.75) is 18.2 Å². The van der Waals surface area contributed by atoms with E-state index < -0.39 is 0 Å². The summed E-state index contributed by atoms with van der Waals surface area (Å²) in [6.45, 7) is 0. The molecule has 0 N–H and O–H groups in total. The molecule has 0 saturated carbocycles. The molecule has 1 unspecified atom stereocenters. The fourth-order valence-electron chi connectivity index (χ4n) is 1.81. The summed E-state index contributed by atoms with van der Waals surface area (Å²) >= 11 is 6.30. The first-order valence-corrected chi connectivity index (χ1v) is 6.13. The number of rotatable bonds is 4. The van der Waals surface area contributed by atoms with Crippen molar-refractivity contribution in [1.82, 2.24) is 0 Å². The number of hydrogen-bond acceptors (Lipinski definition) is 0. The van der Waals surface area contributed by atoms with Crippen LogP contribution in [0.3, 0.4) is 0 Å². The van der Waals surface area contributed by atoms with Gasteiger partial charge in [-0.25, -0.2) is 4.39 Å². The largest absolute Gasteiger partial charge is 0.207 e. The summed E-state index contributed by atoms with van der Waals surface area (Å²) in [6.07, 6.45) is 1.61. The zero-order chi connectivity index (χ0) is 12.1. The SMILES string of the molecule is Fc1cccc(CCC(Cl)c2ccccc2)c1. The van der Waals surface area contributed by atoms with Crippen molar-refractivity contribution in [1.29, 1.82) is 0 Å². The molecule has 0 spiro atoms. The lowest BCUT2D eigenvalue weighted by atomic mass is 10.0. The van der Waals surface area contributed by atoms with Gasteiger partial charge in [0.05, 0.1) is 5.38 Å². The molecule has 0 aromatic heterocycles. The maximum Gasteiger partial charge on any atom is 0.123 e. The lowest BCUT2D eigenvalue weighted by molar-refractivity contribution is 0.624. The third kappa shape index (κ3) is 3.57. The monoisotopic (exact) mass is 248 g/mol. The Hall–Kier alpha value is -1.34. The van der Waals surface area contributed by atoms with E-state index in [1.54, 1.807) is 12.1 Å². The molecule has 0 heterocycles. The van der Waals surface area contributed by atoms with Crippen LogP contribution in [0.1, 0.15) is 22.9 Å². The van der Waals surface area contributed by atoms with Gasteiger partial charge in [0.2, 0.25) is 0 Å². The molecule has 2 aromatic rings. The van der Waals surface area contributed by atoms with Gasteiger partial charge in [-0.05, 0) is 36.1 Å². The molecular weight excluding hydrogens is 235 g/mol. The van der Waals surface area contributed by atoms with Gasteiger partial charge in [0, 0.05) is 0 Å².